The smallest absolute Gasteiger partial charge is 0.226 e. The van der Waals surface area contributed by atoms with E-state index in [1.165, 1.54) is 50.3 Å². The third kappa shape index (κ3) is 4.09. The Morgan fingerprint density at radius 3 is 2.86 bits per heavy atom. The predicted molar refractivity (Wildman–Crippen MR) is 131 cm³/mol. The fraction of sp³-hybridized carbons (Fsp3) is 0.542. The average molecular weight is 520 g/mol. The maximum absolute atomic E-state index is 14.0. The van der Waals surface area contributed by atoms with Crippen molar-refractivity contribution in [3.05, 3.63) is 41.7 Å². The van der Waals surface area contributed by atoms with E-state index in [4.69, 9.17) is 16.3 Å². The van der Waals surface area contributed by atoms with Crippen molar-refractivity contribution in [2.75, 3.05) is 11.1 Å². The lowest BCUT2D eigenvalue weighted by Crippen LogP contribution is -2.44. The molecule has 7 atom stereocenters. The Hall–Kier alpha value is -1.98. The first-order valence-corrected chi connectivity index (χ1v) is 13.3. The summed E-state index contributed by atoms with van der Waals surface area (Å²) < 4.78 is 21.7. The largest absolute Gasteiger partial charge is 0.387 e. The molecule has 2 aliphatic carbocycles. The molecule has 0 spiro atoms. The number of hydrogen-bond donors (Lipinski definition) is 3. The van der Waals surface area contributed by atoms with Crippen LogP contribution < -0.4 is 5.32 Å². The van der Waals surface area contributed by atoms with Gasteiger partial charge in [0.2, 0.25) is 5.28 Å². The monoisotopic (exact) mass is 519 g/mol. The minimum absolute atomic E-state index is 0.0646. The van der Waals surface area contributed by atoms with Gasteiger partial charge in [0.15, 0.2) is 23.2 Å². The average Bonchev–Trinajstić information content (AvgIpc) is 3.59. The van der Waals surface area contributed by atoms with Crippen molar-refractivity contribution in [3.8, 4) is 0 Å². The molecule has 11 heteroatoms. The number of benzene rings is 1. The Morgan fingerprint density at radius 1 is 1.29 bits per heavy atom. The zero-order valence-electron chi connectivity index (χ0n) is 19.1. The summed E-state index contributed by atoms with van der Waals surface area (Å²) in [6, 6.07) is 6.76. The summed E-state index contributed by atoms with van der Waals surface area (Å²) in [5.74, 6) is 1.89. The van der Waals surface area contributed by atoms with Gasteiger partial charge in [0.25, 0.3) is 0 Å². The van der Waals surface area contributed by atoms with Crippen LogP contribution in [0.15, 0.2) is 35.5 Å². The maximum atomic E-state index is 14.0. The summed E-state index contributed by atoms with van der Waals surface area (Å²) in [5.41, 5.74) is -0.685. The van der Waals surface area contributed by atoms with Gasteiger partial charge in [0.1, 0.15) is 17.5 Å². The highest BCUT2D eigenvalue weighted by Gasteiger charge is 2.53. The van der Waals surface area contributed by atoms with Gasteiger partial charge in [0.05, 0.1) is 12.4 Å². The lowest BCUT2D eigenvalue weighted by Gasteiger charge is -2.27. The molecule has 0 amide bonds. The standard InChI is InChI=1S/C24H27ClFN5O3S/c1-24(33)19(32)16(10-35-17-5-3-2-4-14(17)26)34-22(24)31-11-27-18-20(29-23(25)30-21(18)31)28-15-9-12-6-7-13(15)8-12/h2-5,11-13,15-16,19,22,32-33H,6-10H2,1H3,(H,28,29,30)/t12-,13+,15-,16+,19+,22+,24+/m0/s1. The van der Waals surface area contributed by atoms with Crippen molar-refractivity contribution >= 4 is 40.3 Å². The zero-order chi connectivity index (χ0) is 24.3. The van der Waals surface area contributed by atoms with Crippen LogP contribution in [0.25, 0.3) is 11.2 Å². The van der Waals surface area contributed by atoms with Crippen molar-refractivity contribution in [2.24, 2.45) is 11.8 Å². The number of fused-ring (bicyclic) bond motifs is 3. The summed E-state index contributed by atoms with van der Waals surface area (Å²) in [6.45, 7) is 1.51. The van der Waals surface area contributed by atoms with Crippen LogP contribution in [0, 0.1) is 17.7 Å². The molecule has 3 fully saturated rings. The third-order valence-corrected chi connectivity index (χ3v) is 9.01. The Morgan fingerprint density at radius 2 is 2.11 bits per heavy atom. The number of aromatic nitrogens is 4. The van der Waals surface area contributed by atoms with E-state index in [1.807, 2.05) is 0 Å². The topological polar surface area (TPSA) is 105 Å². The van der Waals surface area contributed by atoms with E-state index in [1.54, 1.807) is 22.8 Å². The van der Waals surface area contributed by atoms with E-state index in [2.05, 4.69) is 20.3 Å². The molecule has 1 aliphatic heterocycles. The molecule has 186 valence electrons. The summed E-state index contributed by atoms with van der Waals surface area (Å²) in [6.07, 6.45) is 3.51. The molecule has 2 bridgehead atoms. The number of imidazole rings is 1. The van der Waals surface area contributed by atoms with Crippen LogP contribution in [0.5, 0.6) is 0 Å². The summed E-state index contributed by atoms with van der Waals surface area (Å²) >= 11 is 7.52. The first kappa shape index (κ1) is 23.4. The minimum Gasteiger partial charge on any atom is -0.387 e. The van der Waals surface area contributed by atoms with Gasteiger partial charge in [-0.3, -0.25) is 4.57 Å². The molecule has 3 aliphatic rings. The van der Waals surface area contributed by atoms with Crippen molar-refractivity contribution in [1.29, 1.82) is 0 Å². The SMILES string of the molecule is C[C@@]1(O)[C@H](O)[C@@H](CSc2ccccc2F)O[C@H]1n1cnc2c(N[C@H]3C[C@H]4CC[C@@H]3C4)nc(Cl)nc21. The molecule has 3 N–H and O–H groups in total. The number of aliphatic hydroxyl groups excluding tert-OH is 1. The number of hydrogen-bond acceptors (Lipinski definition) is 8. The fourth-order valence-electron chi connectivity index (χ4n) is 5.87. The second-order valence-electron chi connectivity index (χ2n) is 10.0. The van der Waals surface area contributed by atoms with Crippen LogP contribution in [0.3, 0.4) is 0 Å². The summed E-state index contributed by atoms with van der Waals surface area (Å²) in [7, 11) is 0. The molecule has 8 nitrogen and oxygen atoms in total. The summed E-state index contributed by atoms with van der Waals surface area (Å²) in [5, 5.41) is 25.7. The van der Waals surface area contributed by atoms with Crippen molar-refractivity contribution in [3.63, 3.8) is 0 Å². The van der Waals surface area contributed by atoms with Crippen molar-refractivity contribution < 1.29 is 19.3 Å². The molecular formula is C24H27ClFN5O3S. The lowest BCUT2D eigenvalue weighted by atomic mass is 9.95. The van der Waals surface area contributed by atoms with Gasteiger partial charge >= 0.3 is 0 Å². The number of thioether (sulfide) groups is 1. The van der Waals surface area contributed by atoms with Crippen LogP contribution >= 0.6 is 23.4 Å². The Labute approximate surface area is 211 Å². The highest BCUT2D eigenvalue weighted by molar-refractivity contribution is 7.99. The molecule has 2 aromatic heterocycles. The molecule has 1 saturated heterocycles. The van der Waals surface area contributed by atoms with Crippen LogP contribution in [0.1, 0.15) is 38.8 Å². The first-order valence-electron chi connectivity index (χ1n) is 11.9. The third-order valence-electron chi connectivity index (χ3n) is 7.70. The fourth-order valence-corrected chi connectivity index (χ4v) is 7.02. The van der Waals surface area contributed by atoms with Gasteiger partial charge < -0.3 is 20.3 Å². The first-order chi connectivity index (χ1) is 16.8. The van der Waals surface area contributed by atoms with Crippen LogP contribution in [-0.2, 0) is 4.74 Å². The molecule has 3 aromatic rings. The highest BCUT2D eigenvalue weighted by atomic mass is 35.5. The number of nitrogens with one attached hydrogen (secondary N) is 1. The van der Waals surface area contributed by atoms with Gasteiger partial charge in [0, 0.05) is 16.7 Å². The molecule has 6 rings (SSSR count). The van der Waals surface area contributed by atoms with Gasteiger partial charge in [-0.25, -0.2) is 9.37 Å². The van der Waals surface area contributed by atoms with E-state index in [0.29, 0.717) is 33.8 Å². The van der Waals surface area contributed by atoms with Gasteiger partial charge in [-0.15, -0.1) is 11.8 Å². The van der Waals surface area contributed by atoms with Crippen molar-refractivity contribution in [1.82, 2.24) is 19.5 Å². The maximum Gasteiger partial charge on any atom is 0.226 e. The molecule has 1 aromatic carbocycles. The number of rotatable bonds is 6. The second-order valence-corrected chi connectivity index (χ2v) is 11.4. The molecule has 2 saturated carbocycles. The van der Waals surface area contributed by atoms with Gasteiger partial charge in [-0.1, -0.05) is 18.6 Å². The number of halogens is 2. The number of ether oxygens (including phenoxy) is 1. The minimum atomic E-state index is -1.64. The van der Waals surface area contributed by atoms with Crippen molar-refractivity contribution in [2.45, 2.75) is 67.6 Å². The van der Waals surface area contributed by atoms with Gasteiger partial charge in [-0.2, -0.15) is 9.97 Å². The number of aliphatic hydroxyl groups is 2. The molecular weight excluding hydrogens is 493 g/mol. The number of nitrogens with zero attached hydrogens (tertiary/aromatic N) is 4. The summed E-state index contributed by atoms with van der Waals surface area (Å²) in [4.78, 5) is 13.7. The Balaban J connectivity index is 1.26. The van der Waals surface area contributed by atoms with E-state index in [9.17, 15) is 14.6 Å². The van der Waals surface area contributed by atoms with E-state index >= 15 is 0 Å². The quantitative estimate of drug-likeness (QED) is 0.331. The normalized spacial score (nSPS) is 34.2. The second kappa shape index (κ2) is 8.85. The molecule has 35 heavy (non-hydrogen) atoms. The van der Waals surface area contributed by atoms with E-state index in [0.717, 1.165) is 12.3 Å². The Bertz CT molecular complexity index is 1260. The van der Waals surface area contributed by atoms with Crippen LogP contribution in [0.2, 0.25) is 5.28 Å². The zero-order valence-corrected chi connectivity index (χ0v) is 20.7. The molecule has 0 radical (unpaired) electrons. The molecule has 3 heterocycles. The predicted octanol–water partition coefficient (Wildman–Crippen LogP) is 4.02. The lowest BCUT2D eigenvalue weighted by molar-refractivity contribution is -0.0935. The van der Waals surface area contributed by atoms with Gasteiger partial charge in [-0.05, 0) is 61.8 Å². The van der Waals surface area contributed by atoms with Crippen LogP contribution in [-0.4, -0.2) is 59.3 Å². The van der Waals surface area contributed by atoms with Crippen LogP contribution in [0.4, 0.5) is 10.2 Å². The van der Waals surface area contributed by atoms with E-state index in [-0.39, 0.29) is 16.9 Å². The van der Waals surface area contributed by atoms with E-state index < -0.39 is 24.0 Å². The molecule has 0 unspecified atom stereocenters. The highest BCUT2D eigenvalue weighted by Crippen LogP contribution is 2.46. The number of anilines is 1. The Kier molecular flexibility index (Phi) is 5.92.